The van der Waals surface area contributed by atoms with Crippen molar-refractivity contribution in [2.45, 2.75) is 6.92 Å². The van der Waals surface area contributed by atoms with E-state index in [0.29, 0.717) is 5.69 Å². The van der Waals surface area contributed by atoms with Gasteiger partial charge >= 0.3 is 5.97 Å². The number of methoxy groups -OCH3 is 1. The highest BCUT2D eigenvalue weighted by Gasteiger charge is 2.03. The number of aromatic nitrogens is 1. The summed E-state index contributed by atoms with van der Waals surface area (Å²) in [6, 6.07) is 3.68. The lowest BCUT2D eigenvalue weighted by Crippen LogP contribution is -2.12. The molecule has 1 aromatic heterocycles. The van der Waals surface area contributed by atoms with Gasteiger partial charge in [0.2, 0.25) is 0 Å². The van der Waals surface area contributed by atoms with E-state index in [1.54, 1.807) is 12.3 Å². The number of hydrogen-bond acceptors (Lipinski definition) is 4. The molecule has 0 amide bonds. The molecule has 0 atom stereocenters. The summed E-state index contributed by atoms with van der Waals surface area (Å²) in [5, 5.41) is 0. The van der Waals surface area contributed by atoms with E-state index in [1.807, 2.05) is 13.0 Å². The number of nitrogens with two attached hydrogens (primary N) is 1. The SMILES string of the molecule is COC(=O)/C(N)=C/c1ccc(C)cn1. The second-order valence-corrected chi connectivity index (χ2v) is 2.85. The second-order valence-electron chi connectivity index (χ2n) is 2.85. The van der Waals surface area contributed by atoms with Gasteiger partial charge in [-0.3, -0.25) is 4.98 Å². The smallest absolute Gasteiger partial charge is 0.353 e. The van der Waals surface area contributed by atoms with E-state index in [4.69, 9.17) is 5.73 Å². The molecule has 1 aromatic rings. The number of hydrogen-bond donors (Lipinski definition) is 1. The number of ether oxygens (including phenoxy) is 1. The maximum atomic E-state index is 10.9. The predicted octanol–water partition coefficient (Wildman–Crippen LogP) is 0.863. The van der Waals surface area contributed by atoms with Crippen LogP contribution in [0, 0.1) is 6.92 Å². The number of aryl methyl sites for hydroxylation is 1. The van der Waals surface area contributed by atoms with Gasteiger partial charge in [0.25, 0.3) is 0 Å². The van der Waals surface area contributed by atoms with Crippen molar-refractivity contribution >= 4 is 12.0 Å². The Kier molecular flexibility index (Phi) is 3.23. The van der Waals surface area contributed by atoms with Crippen molar-refractivity contribution in [2.24, 2.45) is 5.73 Å². The maximum absolute atomic E-state index is 10.9. The first-order valence-electron chi connectivity index (χ1n) is 4.11. The number of rotatable bonds is 2. The molecule has 74 valence electrons. The molecule has 0 aliphatic rings. The average molecular weight is 192 g/mol. The molecule has 0 radical (unpaired) electrons. The van der Waals surface area contributed by atoms with E-state index in [0.717, 1.165) is 5.56 Å². The van der Waals surface area contributed by atoms with E-state index in [2.05, 4.69) is 9.72 Å². The molecule has 0 spiro atoms. The van der Waals surface area contributed by atoms with Crippen molar-refractivity contribution in [3.8, 4) is 0 Å². The highest BCUT2D eigenvalue weighted by molar-refractivity contribution is 5.92. The van der Waals surface area contributed by atoms with E-state index in [1.165, 1.54) is 13.2 Å². The van der Waals surface area contributed by atoms with Gasteiger partial charge in [0, 0.05) is 6.20 Å². The average Bonchev–Trinajstić information content (AvgIpc) is 2.20. The Balaban J connectivity index is 2.86. The fourth-order valence-electron chi connectivity index (χ4n) is 0.901. The summed E-state index contributed by atoms with van der Waals surface area (Å²) in [6.07, 6.45) is 3.18. The first-order valence-corrected chi connectivity index (χ1v) is 4.11. The van der Waals surface area contributed by atoms with Crippen molar-refractivity contribution in [2.75, 3.05) is 7.11 Å². The molecule has 14 heavy (non-hydrogen) atoms. The number of esters is 1. The number of nitrogens with zero attached hydrogens (tertiary/aromatic N) is 1. The summed E-state index contributed by atoms with van der Waals surface area (Å²) >= 11 is 0. The third kappa shape index (κ3) is 2.58. The second kappa shape index (κ2) is 4.41. The molecule has 0 saturated carbocycles. The Morgan fingerprint density at radius 3 is 2.79 bits per heavy atom. The normalized spacial score (nSPS) is 11.1. The van der Waals surface area contributed by atoms with Crippen LogP contribution in [-0.2, 0) is 9.53 Å². The summed E-state index contributed by atoms with van der Waals surface area (Å²) < 4.78 is 4.45. The van der Waals surface area contributed by atoms with Crippen LogP contribution < -0.4 is 5.73 Å². The van der Waals surface area contributed by atoms with Crippen molar-refractivity contribution in [1.82, 2.24) is 4.98 Å². The molecule has 0 saturated heterocycles. The van der Waals surface area contributed by atoms with Gasteiger partial charge in [-0.05, 0) is 24.6 Å². The molecular formula is C10H12N2O2. The molecule has 1 rings (SSSR count). The van der Waals surface area contributed by atoms with Crippen LogP contribution in [0.2, 0.25) is 0 Å². The molecule has 1 heterocycles. The molecular weight excluding hydrogens is 180 g/mol. The molecule has 0 unspecified atom stereocenters. The van der Waals surface area contributed by atoms with Crippen molar-refractivity contribution in [3.63, 3.8) is 0 Å². The van der Waals surface area contributed by atoms with Gasteiger partial charge in [-0.25, -0.2) is 4.79 Å². The topological polar surface area (TPSA) is 65.2 Å². The van der Waals surface area contributed by atoms with Gasteiger partial charge in [-0.15, -0.1) is 0 Å². The summed E-state index contributed by atoms with van der Waals surface area (Å²) in [7, 11) is 1.28. The van der Waals surface area contributed by atoms with Gasteiger partial charge in [-0.2, -0.15) is 0 Å². The Morgan fingerprint density at radius 1 is 1.57 bits per heavy atom. The number of pyridine rings is 1. The molecule has 0 aliphatic heterocycles. The zero-order chi connectivity index (χ0) is 10.6. The van der Waals surface area contributed by atoms with Gasteiger partial charge < -0.3 is 10.5 Å². The first-order chi connectivity index (χ1) is 6.63. The fraction of sp³-hybridized carbons (Fsp3) is 0.200. The Bertz CT molecular complexity index is 355. The zero-order valence-electron chi connectivity index (χ0n) is 8.15. The summed E-state index contributed by atoms with van der Waals surface area (Å²) in [4.78, 5) is 15.0. The minimum Gasteiger partial charge on any atom is -0.464 e. The van der Waals surface area contributed by atoms with E-state index >= 15 is 0 Å². The Hall–Kier alpha value is -1.84. The monoisotopic (exact) mass is 192 g/mol. The molecule has 0 aromatic carbocycles. The van der Waals surface area contributed by atoms with Gasteiger partial charge in [-0.1, -0.05) is 6.07 Å². The lowest BCUT2D eigenvalue weighted by atomic mass is 10.2. The van der Waals surface area contributed by atoms with Crippen molar-refractivity contribution in [1.29, 1.82) is 0 Å². The van der Waals surface area contributed by atoms with Gasteiger partial charge in [0.15, 0.2) is 0 Å². The van der Waals surface area contributed by atoms with E-state index in [-0.39, 0.29) is 5.70 Å². The standard InChI is InChI=1S/C10H12N2O2/c1-7-3-4-8(12-6-7)5-9(11)10(13)14-2/h3-6H,11H2,1-2H3/b9-5-. The minimum absolute atomic E-state index is 0.0452. The van der Waals surface area contributed by atoms with Crippen LogP contribution in [0.1, 0.15) is 11.3 Å². The molecule has 0 aliphatic carbocycles. The van der Waals surface area contributed by atoms with Crippen LogP contribution in [0.3, 0.4) is 0 Å². The van der Waals surface area contributed by atoms with Gasteiger partial charge in [0.1, 0.15) is 5.70 Å². The van der Waals surface area contributed by atoms with Crippen LogP contribution in [0.4, 0.5) is 0 Å². The van der Waals surface area contributed by atoms with Gasteiger partial charge in [0.05, 0.1) is 12.8 Å². The minimum atomic E-state index is -0.549. The molecule has 0 bridgehead atoms. The van der Waals surface area contributed by atoms with E-state index in [9.17, 15) is 4.79 Å². The van der Waals surface area contributed by atoms with Crippen LogP contribution in [0.25, 0.3) is 6.08 Å². The van der Waals surface area contributed by atoms with Crippen molar-refractivity contribution in [3.05, 3.63) is 35.3 Å². The molecule has 4 nitrogen and oxygen atoms in total. The lowest BCUT2D eigenvalue weighted by molar-refractivity contribution is -0.136. The van der Waals surface area contributed by atoms with Crippen LogP contribution in [0.15, 0.2) is 24.0 Å². The molecule has 4 heteroatoms. The first kappa shape index (κ1) is 10.2. The maximum Gasteiger partial charge on any atom is 0.353 e. The van der Waals surface area contributed by atoms with Crippen molar-refractivity contribution < 1.29 is 9.53 Å². The van der Waals surface area contributed by atoms with Crippen LogP contribution in [0.5, 0.6) is 0 Å². The molecule has 0 fully saturated rings. The van der Waals surface area contributed by atoms with Crippen LogP contribution in [-0.4, -0.2) is 18.1 Å². The van der Waals surface area contributed by atoms with E-state index < -0.39 is 5.97 Å². The highest BCUT2D eigenvalue weighted by Crippen LogP contribution is 2.02. The largest absolute Gasteiger partial charge is 0.464 e. The lowest BCUT2D eigenvalue weighted by Gasteiger charge is -1.98. The molecule has 2 N–H and O–H groups in total. The summed E-state index contributed by atoms with van der Waals surface area (Å²) in [6.45, 7) is 1.93. The fourth-order valence-corrected chi connectivity index (χ4v) is 0.901. The zero-order valence-corrected chi connectivity index (χ0v) is 8.15. The number of carbonyl (C=O) groups is 1. The Labute approximate surface area is 82.4 Å². The summed E-state index contributed by atoms with van der Waals surface area (Å²) in [5.41, 5.74) is 7.18. The Morgan fingerprint density at radius 2 is 2.29 bits per heavy atom. The number of carbonyl (C=O) groups excluding carboxylic acids is 1. The third-order valence-corrected chi connectivity index (χ3v) is 1.66. The van der Waals surface area contributed by atoms with Crippen LogP contribution >= 0.6 is 0 Å². The quantitative estimate of drug-likeness (QED) is 0.557. The highest BCUT2D eigenvalue weighted by atomic mass is 16.5. The predicted molar refractivity (Wildman–Crippen MR) is 53.2 cm³/mol. The third-order valence-electron chi connectivity index (χ3n) is 1.66. The summed E-state index contributed by atoms with van der Waals surface area (Å²) in [5.74, 6) is -0.549.